The molecule has 2 nitrogen and oxygen atoms in total. The van der Waals surface area contributed by atoms with E-state index in [1.807, 2.05) is 26.0 Å². The number of ketones is 1. The van der Waals surface area contributed by atoms with Crippen LogP contribution in [0, 0.1) is 5.92 Å². The summed E-state index contributed by atoms with van der Waals surface area (Å²) in [5.41, 5.74) is 0.975. The molecule has 0 N–H and O–H groups in total. The molecule has 1 rings (SSSR count). The highest BCUT2D eigenvalue weighted by atomic mass is 79.9. The standard InChI is InChI=1S/C11H14BrNO/c1-3-11(14)8(2)6-10-5-4-9(12)7-13-10/h4-5,7-8H,3,6H2,1-2H3. The van der Waals surface area contributed by atoms with Crippen LogP contribution in [0.4, 0.5) is 0 Å². The van der Waals surface area contributed by atoms with Crippen LogP contribution in [0.3, 0.4) is 0 Å². The van der Waals surface area contributed by atoms with Crippen molar-refractivity contribution < 1.29 is 4.79 Å². The number of nitrogens with zero attached hydrogens (tertiary/aromatic N) is 1. The summed E-state index contributed by atoms with van der Waals surface area (Å²) in [4.78, 5) is 15.6. The van der Waals surface area contributed by atoms with Gasteiger partial charge in [0, 0.05) is 28.7 Å². The summed E-state index contributed by atoms with van der Waals surface area (Å²) in [6, 6.07) is 3.90. The lowest BCUT2D eigenvalue weighted by Crippen LogP contribution is -2.12. The number of aromatic nitrogens is 1. The van der Waals surface area contributed by atoms with Gasteiger partial charge in [-0.15, -0.1) is 0 Å². The maximum absolute atomic E-state index is 11.3. The minimum Gasteiger partial charge on any atom is -0.299 e. The lowest BCUT2D eigenvalue weighted by atomic mass is 9.99. The number of pyridine rings is 1. The zero-order valence-corrected chi connectivity index (χ0v) is 10.0. The number of carbonyl (C=O) groups is 1. The molecule has 0 aliphatic rings. The number of rotatable bonds is 4. The molecule has 0 fully saturated rings. The van der Waals surface area contributed by atoms with E-state index in [1.54, 1.807) is 6.20 Å². The van der Waals surface area contributed by atoms with Crippen molar-refractivity contribution >= 4 is 21.7 Å². The Hall–Kier alpha value is -0.700. The van der Waals surface area contributed by atoms with Gasteiger partial charge in [0.2, 0.25) is 0 Å². The van der Waals surface area contributed by atoms with Gasteiger partial charge >= 0.3 is 0 Å². The van der Waals surface area contributed by atoms with Crippen LogP contribution >= 0.6 is 15.9 Å². The van der Waals surface area contributed by atoms with E-state index in [4.69, 9.17) is 0 Å². The second-order valence-electron chi connectivity index (χ2n) is 3.39. The van der Waals surface area contributed by atoms with E-state index in [-0.39, 0.29) is 5.92 Å². The van der Waals surface area contributed by atoms with Crippen LogP contribution in [-0.2, 0) is 11.2 Å². The summed E-state index contributed by atoms with van der Waals surface area (Å²) >= 11 is 3.32. The molecule has 0 spiro atoms. The molecule has 1 aromatic rings. The first-order valence-electron chi connectivity index (χ1n) is 4.76. The third-order valence-corrected chi connectivity index (χ3v) is 2.67. The van der Waals surface area contributed by atoms with Crippen molar-refractivity contribution in [3.63, 3.8) is 0 Å². The first-order chi connectivity index (χ1) is 6.63. The molecule has 14 heavy (non-hydrogen) atoms. The summed E-state index contributed by atoms with van der Waals surface area (Å²) in [7, 11) is 0. The van der Waals surface area contributed by atoms with Gasteiger partial charge in [-0.1, -0.05) is 13.8 Å². The molecule has 1 heterocycles. The Kier molecular flexibility index (Phi) is 4.26. The molecule has 0 aliphatic heterocycles. The lowest BCUT2D eigenvalue weighted by Gasteiger charge is -2.07. The molecule has 1 unspecified atom stereocenters. The fraction of sp³-hybridized carbons (Fsp3) is 0.455. The van der Waals surface area contributed by atoms with Crippen molar-refractivity contribution in [2.24, 2.45) is 5.92 Å². The Morgan fingerprint density at radius 3 is 2.79 bits per heavy atom. The van der Waals surface area contributed by atoms with Gasteiger partial charge in [0.1, 0.15) is 5.78 Å². The third kappa shape index (κ3) is 3.22. The summed E-state index contributed by atoms with van der Waals surface area (Å²) < 4.78 is 0.968. The molecule has 3 heteroatoms. The Bertz CT molecular complexity index is 308. The van der Waals surface area contributed by atoms with E-state index < -0.39 is 0 Å². The van der Waals surface area contributed by atoms with Gasteiger partial charge in [0.05, 0.1) is 0 Å². The van der Waals surface area contributed by atoms with Gasteiger partial charge in [0.25, 0.3) is 0 Å². The predicted octanol–water partition coefficient (Wildman–Crippen LogP) is 3.00. The van der Waals surface area contributed by atoms with Gasteiger partial charge in [-0.25, -0.2) is 0 Å². The molecule has 0 saturated heterocycles. The molecule has 0 radical (unpaired) electrons. The van der Waals surface area contributed by atoms with Crippen molar-refractivity contribution in [1.29, 1.82) is 0 Å². The highest BCUT2D eigenvalue weighted by Gasteiger charge is 2.11. The molecule has 0 saturated carbocycles. The number of halogens is 1. The van der Waals surface area contributed by atoms with E-state index >= 15 is 0 Å². The lowest BCUT2D eigenvalue weighted by molar-refractivity contribution is -0.122. The molecular weight excluding hydrogens is 242 g/mol. The summed E-state index contributed by atoms with van der Waals surface area (Å²) in [5, 5.41) is 0. The smallest absolute Gasteiger partial charge is 0.135 e. The number of carbonyl (C=O) groups excluding carboxylic acids is 1. The Balaban J connectivity index is 2.60. The van der Waals surface area contributed by atoms with Crippen LogP contribution in [-0.4, -0.2) is 10.8 Å². The fourth-order valence-corrected chi connectivity index (χ4v) is 1.54. The van der Waals surface area contributed by atoms with Crippen molar-refractivity contribution in [2.75, 3.05) is 0 Å². The molecule has 1 atom stereocenters. The Morgan fingerprint density at radius 2 is 2.29 bits per heavy atom. The van der Waals surface area contributed by atoms with E-state index in [9.17, 15) is 4.79 Å². The normalized spacial score (nSPS) is 12.5. The molecule has 0 amide bonds. The van der Waals surface area contributed by atoms with Crippen LogP contribution in [0.1, 0.15) is 26.0 Å². The maximum Gasteiger partial charge on any atom is 0.135 e. The number of Topliss-reactive ketones (excluding diaryl/α,β-unsaturated/α-hetero) is 1. The Labute approximate surface area is 92.9 Å². The van der Waals surface area contributed by atoms with Crippen LogP contribution in [0.15, 0.2) is 22.8 Å². The van der Waals surface area contributed by atoms with Gasteiger partial charge in [-0.2, -0.15) is 0 Å². The Morgan fingerprint density at radius 1 is 1.57 bits per heavy atom. The van der Waals surface area contributed by atoms with E-state index in [0.29, 0.717) is 12.2 Å². The van der Waals surface area contributed by atoms with Crippen molar-refractivity contribution in [1.82, 2.24) is 4.98 Å². The van der Waals surface area contributed by atoms with Crippen LogP contribution in [0.2, 0.25) is 0 Å². The topological polar surface area (TPSA) is 30.0 Å². The first-order valence-corrected chi connectivity index (χ1v) is 5.56. The monoisotopic (exact) mass is 255 g/mol. The van der Waals surface area contributed by atoms with Gasteiger partial charge < -0.3 is 0 Å². The minimum absolute atomic E-state index is 0.0775. The molecule has 0 bridgehead atoms. The van der Waals surface area contributed by atoms with E-state index in [1.165, 1.54) is 0 Å². The fourth-order valence-electron chi connectivity index (χ4n) is 1.30. The molecule has 0 aliphatic carbocycles. The van der Waals surface area contributed by atoms with E-state index in [2.05, 4.69) is 20.9 Å². The molecular formula is C11H14BrNO. The largest absolute Gasteiger partial charge is 0.299 e. The summed E-state index contributed by atoms with van der Waals surface area (Å²) in [5.74, 6) is 0.378. The second-order valence-corrected chi connectivity index (χ2v) is 4.31. The molecule has 1 aromatic heterocycles. The van der Waals surface area contributed by atoms with Gasteiger partial charge in [-0.3, -0.25) is 9.78 Å². The SMILES string of the molecule is CCC(=O)C(C)Cc1ccc(Br)cn1. The quantitative estimate of drug-likeness (QED) is 0.828. The van der Waals surface area contributed by atoms with E-state index in [0.717, 1.165) is 16.6 Å². The van der Waals surface area contributed by atoms with Gasteiger partial charge in [0.15, 0.2) is 0 Å². The second kappa shape index (κ2) is 5.25. The highest BCUT2D eigenvalue weighted by molar-refractivity contribution is 9.10. The summed E-state index contributed by atoms with van der Waals surface area (Å²) in [6.45, 7) is 3.85. The van der Waals surface area contributed by atoms with Gasteiger partial charge in [-0.05, 0) is 34.5 Å². The zero-order valence-electron chi connectivity index (χ0n) is 8.46. The van der Waals surface area contributed by atoms with Crippen LogP contribution in [0.5, 0.6) is 0 Å². The van der Waals surface area contributed by atoms with Crippen LogP contribution in [0.25, 0.3) is 0 Å². The van der Waals surface area contributed by atoms with Crippen LogP contribution < -0.4 is 0 Å². The number of hydrogen-bond acceptors (Lipinski definition) is 2. The van der Waals surface area contributed by atoms with Crippen molar-refractivity contribution in [3.8, 4) is 0 Å². The van der Waals surface area contributed by atoms with Crippen molar-refractivity contribution in [2.45, 2.75) is 26.7 Å². The predicted molar refractivity (Wildman–Crippen MR) is 60.1 cm³/mol. The third-order valence-electron chi connectivity index (χ3n) is 2.20. The zero-order chi connectivity index (χ0) is 10.6. The average Bonchev–Trinajstić information content (AvgIpc) is 2.20. The molecule has 0 aromatic carbocycles. The highest BCUT2D eigenvalue weighted by Crippen LogP contribution is 2.12. The summed E-state index contributed by atoms with van der Waals surface area (Å²) in [6.07, 6.45) is 3.11. The van der Waals surface area contributed by atoms with Crippen molar-refractivity contribution in [3.05, 3.63) is 28.5 Å². The average molecular weight is 256 g/mol. The first kappa shape index (κ1) is 11.4. The minimum atomic E-state index is 0.0775. The number of hydrogen-bond donors (Lipinski definition) is 0. The molecule has 76 valence electrons. The maximum atomic E-state index is 11.3.